The van der Waals surface area contributed by atoms with Crippen LogP contribution in [0.3, 0.4) is 0 Å². The summed E-state index contributed by atoms with van der Waals surface area (Å²) in [5.74, 6) is 1.38. The van der Waals surface area contributed by atoms with E-state index in [0.717, 1.165) is 18.5 Å². The highest BCUT2D eigenvalue weighted by molar-refractivity contribution is 5.86. The van der Waals surface area contributed by atoms with Gasteiger partial charge >= 0.3 is 0 Å². The summed E-state index contributed by atoms with van der Waals surface area (Å²) in [6.45, 7) is 1.03. The van der Waals surface area contributed by atoms with E-state index in [1.807, 2.05) is 18.2 Å². The second kappa shape index (κ2) is 5.30. The maximum atomic E-state index is 5.45. The van der Waals surface area contributed by atoms with Crippen LogP contribution < -0.4 is 5.32 Å². The average molecular weight is 279 g/mol. The van der Waals surface area contributed by atoms with E-state index in [-0.39, 0.29) is 6.04 Å². The van der Waals surface area contributed by atoms with Crippen molar-refractivity contribution in [3.8, 4) is 11.4 Å². The SMILES string of the molecule is c1ccc2cc(-c3noc([C@H]4CCCCN4)n3)ccc2c1. The lowest BCUT2D eigenvalue weighted by Crippen LogP contribution is -2.26. The smallest absolute Gasteiger partial charge is 0.244 e. The number of nitrogens with one attached hydrogen (secondary N) is 1. The van der Waals surface area contributed by atoms with Gasteiger partial charge in [-0.1, -0.05) is 48.0 Å². The van der Waals surface area contributed by atoms with Crippen LogP contribution in [0.4, 0.5) is 0 Å². The molecular weight excluding hydrogens is 262 g/mol. The van der Waals surface area contributed by atoms with Crippen LogP contribution in [-0.4, -0.2) is 16.7 Å². The van der Waals surface area contributed by atoms with Gasteiger partial charge in [-0.25, -0.2) is 0 Å². The minimum atomic E-state index is 0.209. The molecule has 1 fully saturated rings. The van der Waals surface area contributed by atoms with Crippen molar-refractivity contribution in [2.45, 2.75) is 25.3 Å². The second-order valence-corrected chi connectivity index (χ2v) is 5.52. The highest BCUT2D eigenvalue weighted by atomic mass is 16.5. The van der Waals surface area contributed by atoms with Gasteiger partial charge in [-0.15, -0.1) is 0 Å². The largest absolute Gasteiger partial charge is 0.337 e. The highest BCUT2D eigenvalue weighted by Gasteiger charge is 2.21. The van der Waals surface area contributed by atoms with Crippen LogP contribution in [0.1, 0.15) is 31.2 Å². The number of piperidine rings is 1. The van der Waals surface area contributed by atoms with Crippen molar-refractivity contribution >= 4 is 10.8 Å². The van der Waals surface area contributed by atoms with Crippen LogP contribution in [-0.2, 0) is 0 Å². The first-order valence-corrected chi connectivity index (χ1v) is 7.46. The van der Waals surface area contributed by atoms with Gasteiger partial charge in [-0.2, -0.15) is 4.98 Å². The van der Waals surface area contributed by atoms with Crippen molar-refractivity contribution in [3.63, 3.8) is 0 Å². The number of hydrogen-bond donors (Lipinski definition) is 1. The zero-order valence-electron chi connectivity index (χ0n) is 11.7. The molecule has 2 heterocycles. The van der Waals surface area contributed by atoms with Crippen molar-refractivity contribution in [2.75, 3.05) is 6.54 Å². The van der Waals surface area contributed by atoms with Crippen LogP contribution in [0.15, 0.2) is 47.0 Å². The summed E-state index contributed by atoms with van der Waals surface area (Å²) in [5, 5.41) is 9.99. The first-order chi connectivity index (χ1) is 10.4. The van der Waals surface area contributed by atoms with E-state index in [1.165, 1.54) is 23.6 Å². The molecule has 1 atom stereocenters. The molecule has 4 heteroatoms. The Balaban J connectivity index is 1.67. The molecule has 0 bridgehead atoms. The Morgan fingerprint density at radius 2 is 1.95 bits per heavy atom. The van der Waals surface area contributed by atoms with E-state index in [4.69, 9.17) is 4.52 Å². The average Bonchev–Trinajstić information content (AvgIpc) is 3.05. The molecule has 4 rings (SSSR count). The zero-order chi connectivity index (χ0) is 14.1. The second-order valence-electron chi connectivity index (χ2n) is 5.52. The number of rotatable bonds is 2. The molecule has 1 aromatic heterocycles. The number of aromatic nitrogens is 2. The van der Waals surface area contributed by atoms with Gasteiger partial charge in [0.15, 0.2) is 0 Å². The topological polar surface area (TPSA) is 51.0 Å². The fraction of sp³-hybridized carbons (Fsp3) is 0.294. The van der Waals surface area contributed by atoms with E-state index in [0.29, 0.717) is 11.7 Å². The summed E-state index contributed by atoms with van der Waals surface area (Å²) in [5.41, 5.74) is 1.000. The van der Waals surface area contributed by atoms with Crippen molar-refractivity contribution in [3.05, 3.63) is 48.4 Å². The van der Waals surface area contributed by atoms with E-state index in [1.54, 1.807) is 0 Å². The third kappa shape index (κ3) is 2.43. The Morgan fingerprint density at radius 3 is 2.81 bits per heavy atom. The molecule has 2 aromatic carbocycles. The summed E-state index contributed by atoms with van der Waals surface area (Å²) in [4.78, 5) is 4.57. The number of hydrogen-bond acceptors (Lipinski definition) is 4. The summed E-state index contributed by atoms with van der Waals surface area (Å²) in [6, 6.07) is 14.8. The van der Waals surface area contributed by atoms with Crippen molar-refractivity contribution < 1.29 is 4.52 Å². The first kappa shape index (κ1) is 12.5. The lowest BCUT2D eigenvalue weighted by Gasteiger charge is -2.19. The normalized spacial score (nSPS) is 19.0. The molecule has 0 aliphatic carbocycles. The predicted octanol–water partition coefficient (Wildman–Crippen LogP) is 3.70. The van der Waals surface area contributed by atoms with Gasteiger partial charge in [0.05, 0.1) is 6.04 Å². The molecule has 0 spiro atoms. The fourth-order valence-corrected chi connectivity index (χ4v) is 2.89. The quantitative estimate of drug-likeness (QED) is 0.777. The zero-order valence-corrected chi connectivity index (χ0v) is 11.7. The predicted molar refractivity (Wildman–Crippen MR) is 81.8 cm³/mol. The van der Waals surface area contributed by atoms with Gasteiger partial charge < -0.3 is 9.84 Å². The molecule has 4 nitrogen and oxygen atoms in total. The van der Waals surface area contributed by atoms with Crippen LogP contribution in [0, 0.1) is 0 Å². The maximum absolute atomic E-state index is 5.45. The lowest BCUT2D eigenvalue weighted by molar-refractivity contribution is 0.297. The molecule has 1 aliphatic heterocycles. The van der Waals surface area contributed by atoms with E-state index < -0.39 is 0 Å². The summed E-state index contributed by atoms with van der Waals surface area (Å²) >= 11 is 0. The van der Waals surface area contributed by atoms with E-state index in [9.17, 15) is 0 Å². The van der Waals surface area contributed by atoms with Crippen LogP contribution >= 0.6 is 0 Å². The van der Waals surface area contributed by atoms with Gasteiger partial charge in [0.2, 0.25) is 11.7 Å². The summed E-state index contributed by atoms with van der Waals surface area (Å²) in [7, 11) is 0. The van der Waals surface area contributed by atoms with Crippen LogP contribution in [0.25, 0.3) is 22.2 Å². The number of nitrogens with zero attached hydrogens (tertiary/aromatic N) is 2. The molecule has 0 amide bonds. The van der Waals surface area contributed by atoms with Crippen molar-refractivity contribution in [1.29, 1.82) is 0 Å². The molecular formula is C17H17N3O. The summed E-state index contributed by atoms with van der Waals surface area (Å²) < 4.78 is 5.45. The Bertz CT molecular complexity index is 759. The van der Waals surface area contributed by atoms with E-state index >= 15 is 0 Å². The monoisotopic (exact) mass is 279 g/mol. The van der Waals surface area contributed by atoms with Gasteiger partial charge in [0.1, 0.15) is 0 Å². The lowest BCUT2D eigenvalue weighted by atomic mass is 10.1. The Morgan fingerprint density at radius 1 is 1.05 bits per heavy atom. The number of benzene rings is 2. The molecule has 3 aromatic rings. The van der Waals surface area contributed by atoms with Gasteiger partial charge in [0, 0.05) is 5.56 Å². The Labute approximate surface area is 123 Å². The minimum absolute atomic E-state index is 0.209. The fourth-order valence-electron chi connectivity index (χ4n) is 2.89. The molecule has 1 aliphatic rings. The molecule has 0 unspecified atom stereocenters. The van der Waals surface area contributed by atoms with Crippen LogP contribution in [0.2, 0.25) is 0 Å². The minimum Gasteiger partial charge on any atom is -0.337 e. The standard InChI is InChI=1S/C17H17N3O/c1-2-6-13-11-14(9-8-12(13)5-1)16-19-17(21-20-16)15-7-3-4-10-18-15/h1-2,5-6,8-9,11,15,18H,3-4,7,10H2/t15-/m1/s1. The number of fused-ring (bicyclic) bond motifs is 1. The molecule has 0 saturated carbocycles. The van der Waals surface area contributed by atoms with Crippen molar-refractivity contribution in [1.82, 2.24) is 15.5 Å². The molecule has 1 N–H and O–H groups in total. The molecule has 106 valence electrons. The Hall–Kier alpha value is -2.20. The molecule has 0 radical (unpaired) electrons. The van der Waals surface area contributed by atoms with Gasteiger partial charge in [-0.3, -0.25) is 0 Å². The first-order valence-electron chi connectivity index (χ1n) is 7.46. The van der Waals surface area contributed by atoms with Gasteiger partial charge in [0.25, 0.3) is 0 Å². The Kier molecular flexibility index (Phi) is 3.16. The molecule has 21 heavy (non-hydrogen) atoms. The van der Waals surface area contributed by atoms with E-state index in [2.05, 4.69) is 39.7 Å². The van der Waals surface area contributed by atoms with Crippen molar-refractivity contribution in [2.24, 2.45) is 0 Å². The third-order valence-electron chi connectivity index (χ3n) is 4.06. The maximum Gasteiger partial charge on any atom is 0.244 e. The molecule has 1 saturated heterocycles. The van der Waals surface area contributed by atoms with Crippen LogP contribution in [0.5, 0.6) is 0 Å². The van der Waals surface area contributed by atoms with Gasteiger partial charge in [-0.05, 0) is 36.2 Å². The summed E-state index contributed by atoms with van der Waals surface area (Å²) in [6.07, 6.45) is 3.51. The third-order valence-corrected chi connectivity index (χ3v) is 4.06. The highest BCUT2D eigenvalue weighted by Crippen LogP contribution is 2.26.